The van der Waals surface area contributed by atoms with Gasteiger partial charge < -0.3 is 15.5 Å². The third kappa shape index (κ3) is 3.51. The molecule has 1 aliphatic carbocycles. The van der Waals surface area contributed by atoms with Crippen molar-refractivity contribution in [2.45, 2.75) is 30.3 Å². The monoisotopic (exact) mass is 367 g/mol. The van der Waals surface area contributed by atoms with Crippen LogP contribution in [0.2, 0.25) is 0 Å². The lowest BCUT2D eigenvalue weighted by Gasteiger charge is -2.24. The van der Waals surface area contributed by atoms with Crippen molar-refractivity contribution in [2.75, 3.05) is 31.0 Å². The second-order valence-electron chi connectivity index (χ2n) is 5.86. The maximum Gasteiger partial charge on any atom is 0.189 e. The third-order valence-electron chi connectivity index (χ3n) is 4.71. The highest BCUT2D eigenvalue weighted by atomic mass is 32.2. The molecule has 1 aromatic heterocycles. The number of aryl methyl sites for hydroxylation is 1. The first-order valence-electron chi connectivity index (χ1n) is 7.82. The number of rotatable bonds is 6. The number of hydrogen-bond acceptors (Lipinski definition) is 7. The van der Waals surface area contributed by atoms with Gasteiger partial charge in [0, 0.05) is 40.5 Å². The van der Waals surface area contributed by atoms with Crippen LogP contribution in [0.5, 0.6) is 0 Å². The number of hydrogen-bond donors (Lipinski definition) is 3. The summed E-state index contributed by atoms with van der Waals surface area (Å²) in [5.74, 6) is 0.672. The number of nitrogens with one attached hydrogen (secondary N) is 1. The molecular weight excluding hydrogens is 342 g/mol. The highest BCUT2D eigenvalue weighted by molar-refractivity contribution is 7.99. The smallest absolute Gasteiger partial charge is 0.189 e. The first-order chi connectivity index (χ1) is 11.5. The van der Waals surface area contributed by atoms with Gasteiger partial charge >= 0.3 is 0 Å². The Kier molecular flexibility index (Phi) is 6.78. The number of aliphatic hydroxyl groups is 2. The van der Waals surface area contributed by atoms with Crippen molar-refractivity contribution in [3.8, 4) is 0 Å². The lowest BCUT2D eigenvalue weighted by molar-refractivity contribution is 0.208. The molecule has 0 radical (unpaired) electrons. The van der Waals surface area contributed by atoms with E-state index in [9.17, 15) is 10.2 Å². The lowest BCUT2D eigenvalue weighted by atomic mass is 10.0. The van der Waals surface area contributed by atoms with Crippen LogP contribution in [0, 0.1) is 25.7 Å². The zero-order valence-electron chi connectivity index (χ0n) is 14.5. The summed E-state index contributed by atoms with van der Waals surface area (Å²) in [4.78, 5) is 9.03. The van der Waals surface area contributed by atoms with Crippen molar-refractivity contribution in [1.29, 1.82) is 0 Å². The molecule has 24 heavy (non-hydrogen) atoms. The number of nitrogens with zero attached hydrogens (tertiary/aromatic N) is 2. The predicted octanol–water partition coefficient (Wildman–Crippen LogP) is 2.27. The fraction of sp³-hybridized carbons (Fsp3) is 0.588. The fourth-order valence-electron chi connectivity index (χ4n) is 3.29. The summed E-state index contributed by atoms with van der Waals surface area (Å²) < 4.78 is 0. The molecule has 0 bridgehead atoms. The summed E-state index contributed by atoms with van der Waals surface area (Å²) in [6, 6.07) is -0.148. The van der Waals surface area contributed by atoms with E-state index in [0.717, 1.165) is 22.6 Å². The maximum atomic E-state index is 9.93. The summed E-state index contributed by atoms with van der Waals surface area (Å²) in [5, 5.41) is 24.0. The zero-order chi connectivity index (χ0) is 17.9. The standard InChI is InChI=1S/C17H25N3O2S2/c1-6-11-12(7-21)15(23-4)13(8-22)14(11)19-16-9(2)10(3)18-17(20-16)24-5/h12-15,21-22H,1,7-8H2,2-5H3,(H,18,19,20). The van der Waals surface area contributed by atoms with E-state index in [4.69, 9.17) is 0 Å². The molecule has 0 amide bonds. The fourth-order valence-corrected chi connectivity index (χ4v) is 4.85. The van der Waals surface area contributed by atoms with Crippen molar-refractivity contribution >= 4 is 29.3 Å². The van der Waals surface area contributed by atoms with Crippen molar-refractivity contribution < 1.29 is 10.2 Å². The largest absolute Gasteiger partial charge is 0.396 e. The molecule has 1 aliphatic rings. The third-order valence-corrected chi connectivity index (χ3v) is 6.48. The van der Waals surface area contributed by atoms with E-state index < -0.39 is 0 Å². The van der Waals surface area contributed by atoms with Crippen molar-refractivity contribution in [3.63, 3.8) is 0 Å². The van der Waals surface area contributed by atoms with Gasteiger partial charge in [0.25, 0.3) is 0 Å². The van der Waals surface area contributed by atoms with Crippen molar-refractivity contribution in [2.24, 2.45) is 11.8 Å². The molecule has 4 unspecified atom stereocenters. The Balaban J connectivity index is 2.43. The van der Waals surface area contributed by atoms with Crippen LogP contribution in [0.15, 0.2) is 23.0 Å². The minimum Gasteiger partial charge on any atom is -0.396 e. The van der Waals surface area contributed by atoms with Crippen LogP contribution < -0.4 is 5.32 Å². The van der Waals surface area contributed by atoms with Gasteiger partial charge in [-0.1, -0.05) is 18.3 Å². The van der Waals surface area contributed by atoms with E-state index in [0.29, 0.717) is 5.16 Å². The molecule has 0 spiro atoms. The van der Waals surface area contributed by atoms with E-state index >= 15 is 0 Å². The number of thioether (sulfide) groups is 2. The Morgan fingerprint density at radius 1 is 1.21 bits per heavy atom. The molecule has 132 valence electrons. The van der Waals surface area contributed by atoms with Crippen LogP contribution in [-0.2, 0) is 0 Å². The minimum atomic E-state index is -0.148. The quantitative estimate of drug-likeness (QED) is 0.404. The van der Waals surface area contributed by atoms with Crippen LogP contribution in [0.1, 0.15) is 11.3 Å². The second-order valence-corrected chi connectivity index (χ2v) is 7.65. The Labute approximate surface area is 152 Å². The van der Waals surface area contributed by atoms with E-state index in [1.807, 2.05) is 26.4 Å². The maximum absolute atomic E-state index is 9.93. The number of anilines is 1. The molecule has 4 atom stereocenters. The van der Waals surface area contributed by atoms with Gasteiger partial charge in [-0.3, -0.25) is 0 Å². The van der Waals surface area contributed by atoms with Crippen LogP contribution in [0.25, 0.3) is 0 Å². The summed E-state index contributed by atoms with van der Waals surface area (Å²) in [6.45, 7) is 7.81. The molecule has 5 nitrogen and oxygen atoms in total. The first-order valence-corrected chi connectivity index (χ1v) is 10.3. The highest BCUT2D eigenvalue weighted by Crippen LogP contribution is 2.43. The first kappa shape index (κ1) is 19.3. The second kappa shape index (κ2) is 8.41. The Hall–Kier alpha value is -0.980. The summed E-state index contributed by atoms with van der Waals surface area (Å²) in [6.07, 6.45) is 3.95. The summed E-state index contributed by atoms with van der Waals surface area (Å²) in [5.41, 5.74) is 5.83. The molecule has 1 fully saturated rings. The molecule has 0 aromatic carbocycles. The molecule has 0 saturated heterocycles. The molecule has 2 rings (SSSR count). The molecule has 7 heteroatoms. The van der Waals surface area contributed by atoms with E-state index in [-0.39, 0.29) is 36.3 Å². The molecule has 1 aromatic rings. The van der Waals surface area contributed by atoms with Gasteiger partial charge in [-0.2, -0.15) is 11.8 Å². The van der Waals surface area contributed by atoms with E-state index in [1.54, 1.807) is 11.8 Å². The van der Waals surface area contributed by atoms with Gasteiger partial charge in [-0.05, 0) is 26.4 Å². The zero-order valence-corrected chi connectivity index (χ0v) is 16.2. The Bertz CT molecular complexity index is 647. The Morgan fingerprint density at radius 2 is 1.92 bits per heavy atom. The summed E-state index contributed by atoms with van der Waals surface area (Å²) >= 11 is 3.16. The van der Waals surface area contributed by atoms with Gasteiger partial charge in [0.1, 0.15) is 5.82 Å². The Morgan fingerprint density at radius 3 is 2.42 bits per heavy atom. The van der Waals surface area contributed by atoms with Gasteiger partial charge in [0.2, 0.25) is 0 Å². The summed E-state index contributed by atoms with van der Waals surface area (Å²) in [7, 11) is 0. The molecule has 3 N–H and O–H groups in total. The number of aliphatic hydroxyl groups excluding tert-OH is 2. The van der Waals surface area contributed by atoms with Crippen molar-refractivity contribution in [1.82, 2.24) is 9.97 Å². The van der Waals surface area contributed by atoms with E-state index in [1.165, 1.54) is 11.8 Å². The molecule has 1 saturated carbocycles. The molecule has 0 aliphatic heterocycles. The lowest BCUT2D eigenvalue weighted by Crippen LogP contribution is -2.32. The number of aromatic nitrogens is 2. The van der Waals surface area contributed by atoms with Crippen molar-refractivity contribution in [3.05, 3.63) is 29.1 Å². The average molecular weight is 368 g/mol. The minimum absolute atomic E-state index is 0.0237. The molecular formula is C17H25N3O2S2. The van der Waals surface area contributed by atoms with Crippen LogP contribution >= 0.6 is 23.5 Å². The predicted molar refractivity (Wildman–Crippen MR) is 102 cm³/mol. The van der Waals surface area contributed by atoms with Gasteiger partial charge in [-0.15, -0.1) is 5.73 Å². The normalized spacial score (nSPS) is 26.5. The highest BCUT2D eigenvalue weighted by Gasteiger charge is 2.46. The molecule has 1 heterocycles. The van der Waals surface area contributed by atoms with E-state index in [2.05, 4.69) is 27.6 Å². The van der Waals surface area contributed by atoms with Gasteiger partial charge in [0.05, 0.1) is 12.6 Å². The topological polar surface area (TPSA) is 78.3 Å². The van der Waals surface area contributed by atoms with Gasteiger partial charge in [-0.25, -0.2) is 9.97 Å². The van der Waals surface area contributed by atoms with Crippen LogP contribution in [-0.4, -0.2) is 57.2 Å². The van der Waals surface area contributed by atoms with Crippen LogP contribution in [0.4, 0.5) is 5.82 Å². The average Bonchev–Trinajstić information content (AvgIpc) is 2.89. The van der Waals surface area contributed by atoms with Gasteiger partial charge in [0.15, 0.2) is 5.16 Å². The van der Waals surface area contributed by atoms with Crippen LogP contribution in [0.3, 0.4) is 0 Å². The SMILES string of the molecule is C=C=C1C(CO)C(SC)C(CO)C1Nc1nc(SC)nc(C)c1C.